The van der Waals surface area contributed by atoms with E-state index in [-0.39, 0.29) is 5.02 Å². The Kier molecular flexibility index (Phi) is 3.50. The molecule has 0 saturated heterocycles. The number of rotatable bonds is 2. The van der Waals surface area contributed by atoms with Crippen LogP contribution in [0.4, 0.5) is 17.6 Å². The minimum absolute atomic E-state index is 0.0233. The summed E-state index contributed by atoms with van der Waals surface area (Å²) >= 11 is 5.42. The fourth-order valence-corrected chi connectivity index (χ4v) is 1.24. The fourth-order valence-electron chi connectivity index (χ4n) is 1.08. The van der Waals surface area contributed by atoms with Crippen molar-refractivity contribution in [2.75, 3.05) is 0 Å². The molecule has 1 aromatic rings. The fraction of sp³-hybridized carbons (Fsp3) is 0.300. The van der Waals surface area contributed by atoms with Crippen LogP contribution in [0.25, 0.3) is 0 Å². The monoisotopic (exact) mass is 269 g/mol. The number of carbonyl (C=O) groups is 1. The zero-order valence-corrected chi connectivity index (χ0v) is 9.36. The lowest BCUT2D eigenvalue weighted by atomic mass is 9.91. The zero-order chi connectivity index (χ0) is 13.4. The molecule has 0 heterocycles. The van der Waals surface area contributed by atoms with Crippen LogP contribution >= 0.6 is 11.6 Å². The smallest absolute Gasteiger partial charge is 0.311 e. The molecule has 0 saturated carbocycles. The number of hydrogen-bond donors (Lipinski definition) is 1. The topological polar surface area (TPSA) is 43.1 Å². The standard InChI is InChI=1S/C10H8ClF4NO/c1-9(16,10(13,14)15)8(17)6-3-2-5(11)4-7(6)12/h2-4H,16H2,1H3. The molecule has 0 spiro atoms. The van der Waals surface area contributed by atoms with Crippen molar-refractivity contribution in [3.8, 4) is 0 Å². The van der Waals surface area contributed by atoms with Crippen LogP contribution in [0.5, 0.6) is 0 Å². The molecule has 0 fully saturated rings. The van der Waals surface area contributed by atoms with Gasteiger partial charge in [-0.3, -0.25) is 4.79 Å². The highest BCUT2D eigenvalue weighted by atomic mass is 35.5. The molecule has 0 aliphatic rings. The van der Waals surface area contributed by atoms with Crippen LogP contribution in [0.2, 0.25) is 5.02 Å². The van der Waals surface area contributed by atoms with Crippen LogP contribution < -0.4 is 5.73 Å². The van der Waals surface area contributed by atoms with Crippen molar-refractivity contribution in [3.05, 3.63) is 34.6 Å². The molecule has 0 aliphatic carbocycles. The Labute approximate surface area is 99.4 Å². The van der Waals surface area contributed by atoms with Crippen molar-refractivity contribution < 1.29 is 22.4 Å². The van der Waals surface area contributed by atoms with Crippen molar-refractivity contribution >= 4 is 17.4 Å². The number of alkyl halides is 3. The van der Waals surface area contributed by atoms with E-state index >= 15 is 0 Å². The van der Waals surface area contributed by atoms with E-state index in [1.165, 1.54) is 0 Å². The minimum Gasteiger partial charge on any atom is -0.311 e. The van der Waals surface area contributed by atoms with Crippen LogP contribution in [0.1, 0.15) is 17.3 Å². The molecule has 1 atom stereocenters. The number of ketones is 1. The minimum atomic E-state index is -4.96. The Morgan fingerprint density at radius 2 is 1.88 bits per heavy atom. The second-order valence-electron chi connectivity index (χ2n) is 3.65. The summed E-state index contributed by atoms with van der Waals surface area (Å²) in [5.74, 6) is -2.68. The molecule has 0 amide bonds. The first kappa shape index (κ1) is 13.9. The summed E-state index contributed by atoms with van der Waals surface area (Å²) in [6.07, 6.45) is -4.96. The average molecular weight is 270 g/mol. The summed E-state index contributed by atoms with van der Waals surface area (Å²) in [5.41, 5.74) is 1.03. The lowest BCUT2D eigenvalue weighted by Crippen LogP contribution is -2.57. The first-order valence-electron chi connectivity index (χ1n) is 4.43. The number of Topliss-reactive ketones (excluding diaryl/α,β-unsaturated/α-hetero) is 1. The van der Waals surface area contributed by atoms with E-state index < -0.39 is 28.9 Å². The summed E-state index contributed by atoms with van der Waals surface area (Å²) in [7, 11) is 0. The Balaban J connectivity index is 3.22. The predicted molar refractivity (Wildman–Crippen MR) is 54.4 cm³/mol. The van der Waals surface area contributed by atoms with E-state index in [9.17, 15) is 22.4 Å². The van der Waals surface area contributed by atoms with E-state index in [1.807, 2.05) is 0 Å². The lowest BCUT2D eigenvalue weighted by Gasteiger charge is -2.26. The van der Waals surface area contributed by atoms with Gasteiger partial charge in [-0.1, -0.05) is 11.6 Å². The van der Waals surface area contributed by atoms with Crippen molar-refractivity contribution in [1.29, 1.82) is 0 Å². The van der Waals surface area contributed by atoms with Crippen LogP contribution in [-0.2, 0) is 0 Å². The lowest BCUT2D eigenvalue weighted by molar-refractivity contribution is -0.165. The number of halogens is 5. The highest BCUT2D eigenvalue weighted by Gasteiger charge is 2.54. The van der Waals surface area contributed by atoms with Gasteiger partial charge in [-0.25, -0.2) is 4.39 Å². The Bertz CT molecular complexity index is 456. The van der Waals surface area contributed by atoms with E-state index in [4.69, 9.17) is 17.3 Å². The van der Waals surface area contributed by atoms with Gasteiger partial charge in [-0.2, -0.15) is 13.2 Å². The van der Waals surface area contributed by atoms with E-state index in [2.05, 4.69) is 0 Å². The van der Waals surface area contributed by atoms with Crippen molar-refractivity contribution in [2.45, 2.75) is 18.6 Å². The Morgan fingerprint density at radius 3 is 2.29 bits per heavy atom. The highest BCUT2D eigenvalue weighted by Crippen LogP contribution is 2.31. The van der Waals surface area contributed by atoms with Crippen molar-refractivity contribution in [3.63, 3.8) is 0 Å². The first-order chi connectivity index (χ1) is 7.57. The third-order valence-corrected chi connectivity index (χ3v) is 2.47. The maximum absolute atomic E-state index is 13.3. The van der Waals surface area contributed by atoms with Gasteiger partial charge in [0.25, 0.3) is 0 Å². The largest absolute Gasteiger partial charge is 0.413 e. The highest BCUT2D eigenvalue weighted by molar-refractivity contribution is 6.30. The predicted octanol–water partition coefficient (Wildman–Crippen LogP) is 2.94. The van der Waals surface area contributed by atoms with E-state index in [0.29, 0.717) is 6.92 Å². The van der Waals surface area contributed by atoms with Gasteiger partial charge in [0, 0.05) is 5.02 Å². The summed E-state index contributed by atoms with van der Waals surface area (Å²) in [6, 6.07) is 2.74. The normalized spacial score (nSPS) is 15.5. The van der Waals surface area contributed by atoms with Gasteiger partial charge in [0.05, 0.1) is 5.56 Å². The van der Waals surface area contributed by atoms with Crippen LogP contribution in [0, 0.1) is 5.82 Å². The molecule has 1 aromatic carbocycles. The third kappa shape index (κ3) is 2.58. The van der Waals surface area contributed by atoms with Crippen molar-refractivity contribution in [2.24, 2.45) is 5.73 Å². The molecule has 94 valence electrons. The van der Waals surface area contributed by atoms with Gasteiger partial charge in [-0.15, -0.1) is 0 Å². The van der Waals surface area contributed by atoms with Crippen LogP contribution in [0.3, 0.4) is 0 Å². The number of benzene rings is 1. The van der Waals surface area contributed by atoms with Crippen molar-refractivity contribution in [1.82, 2.24) is 0 Å². The molecule has 0 aromatic heterocycles. The van der Waals surface area contributed by atoms with Gasteiger partial charge in [0.2, 0.25) is 0 Å². The van der Waals surface area contributed by atoms with Gasteiger partial charge in [0.1, 0.15) is 5.82 Å². The first-order valence-corrected chi connectivity index (χ1v) is 4.80. The van der Waals surface area contributed by atoms with Gasteiger partial charge in [0.15, 0.2) is 11.3 Å². The summed E-state index contributed by atoms with van der Waals surface area (Å²) in [6.45, 7) is 0.489. The maximum Gasteiger partial charge on any atom is 0.413 e. The molecule has 0 aliphatic heterocycles. The quantitative estimate of drug-likeness (QED) is 0.663. The molecule has 2 nitrogen and oxygen atoms in total. The van der Waals surface area contributed by atoms with E-state index in [1.54, 1.807) is 0 Å². The van der Waals surface area contributed by atoms with Gasteiger partial charge < -0.3 is 5.73 Å². The summed E-state index contributed by atoms with van der Waals surface area (Å²) < 4.78 is 50.7. The summed E-state index contributed by atoms with van der Waals surface area (Å²) in [5, 5.41) is -0.0233. The second-order valence-corrected chi connectivity index (χ2v) is 4.09. The average Bonchev–Trinajstić information content (AvgIpc) is 2.14. The maximum atomic E-state index is 13.3. The molecule has 0 bridgehead atoms. The van der Waals surface area contributed by atoms with Crippen LogP contribution in [-0.4, -0.2) is 17.5 Å². The van der Waals surface area contributed by atoms with Gasteiger partial charge >= 0.3 is 6.18 Å². The molecule has 7 heteroatoms. The van der Waals surface area contributed by atoms with Gasteiger partial charge in [-0.05, 0) is 25.1 Å². The molecule has 1 rings (SSSR count). The molecular weight excluding hydrogens is 262 g/mol. The molecular formula is C10H8ClF4NO. The molecule has 0 radical (unpaired) electrons. The zero-order valence-electron chi connectivity index (χ0n) is 8.61. The Morgan fingerprint density at radius 1 is 1.35 bits per heavy atom. The Hall–Kier alpha value is -1.14. The number of carbonyl (C=O) groups excluding carboxylic acids is 1. The SMILES string of the molecule is CC(N)(C(=O)c1ccc(Cl)cc1F)C(F)(F)F. The van der Waals surface area contributed by atoms with E-state index in [0.717, 1.165) is 18.2 Å². The number of nitrogens with two attached hydrogens (primary N) is 1. The van der Waals surface area contributed by atoms with Crippen LogP contribution in [0.15, 0.2) is 18.2 Å². The molecule has 2 N–H and O–H groups in total. The molecule has 1 unspecified atom stereocenters. The third-order valence-electron chi connectivity index (χ3n) is 2.24. The number of hydrogen-bond acceptors (Lipinski definition) is 2. The molecule has 17 heavy (non-hydrogen) atoms. The summed E-state index contributed by atoms with van der Waals surface area (Å²) in [4.78, 5) is 11.5. The second kappa shape index (κ2) is 4.27.